The van der Waals surface area contributed by atoms with E-state index in [1.54, 1.807) is 32.1 Å². The molecule has 1 aromatic heterocycles. The van der Waals surface area contributed by atoms with Crippen molar-refractivity contribution >= 4 is 45.3 Å². The normalized spacial score (nSPS) is 17.8. The number of hydrogen-bond donors (Lipinski definition) is 2. The molecule has 2 heterocycles. The standard InChI is InChI=1S/C30H43N3O7S/c1-7-19(2)26(28(36)38-6)32-27(35)22(17-20-18-41-23-12-9-8-11-21(20)23)31-24(34)13-14-25-33(15-10-16-39-25)29(37)40-30(3,4)5/h8-9,11-12,18-19,22,25-26H,7,10,13-17H2,1-6H3,(H,31,34)(H,32,35)/t19-,22-,25?,26-/m0/s1. The van der Waals surface area contributed by atoms with E-state index in [4.69, 9.17) is 14.2 Å². The molecule has 1 aliphatic rings. The van der Waals surface area contributed by atoms with Gasteiger partial charge < -0.3 is 24.8 Å². The third kappa shape index (κ3) is 9.16. The highest BCUT2D eigenvalue weighted by Gasteiger charge is 2.33. The van der Waals surface area contributed by atoms with Crippen molar-refractivity contribution < 1.29 is 33.4 Å². The Hall–Kier alpha value is -3.18. The summed E-state index contributed by atoms with van der Waals surface area (Å²) >= 11 is 1.57. The van der Waals surface area contributed by atoms with E-state index < -0.39 is 41.9 Å². The topological polar surface area (TPSA) is 123 Å². The van der Waals surface area contributed by atoms with Gasteiger partial charge >= 0.3 is 12.1 Å². The van der Waals surface area contributed by atoms with E-state index in [9.17, 15) is 19.2 Å². The number of carbonyl (C=O) groups is 4. The molecule has 4 atom stereocenters. The van der Waals surface area contributed by atoms with Crippen LogP contribution < -0.4 is 10.6 Å². The molecule has 0 aliphatic carbocycles. The zero-order valence-corrected chi connectivity index (χ0v) is 25.7. The lowest BCUT2D eigenvalue weighted by Crippen LogP contribution is -2.54. The quantitative estimate of drug-likeness (QED) is 0.373. The largest absolute Gasteiger partial charge is 0.467 e. The number of hydrogen-bond acceptors (Lipinski definition) is 8. The number of esters is 1. The van der Waals surface area contributed by atoms with Gasteiger partial charge in [-0.1, -0.05) is 38.5 Å². The number of amides is 3. The minimum atomic E-state index is -0.925. The Bertz CT molecular complexity index is 1210. The number of nitrogens with one attached hydrogen (secondary N) is 2. The van der Waals surface area contributed by atoms with Crippen molar-refractivity contribution in [1.82, 2.24) is 15.5 Å². The average molecular weight is 590 g/mol. The van der Waals surface area contributed by atoms with Crippen molar-refractivity contribution in [1.29, 1.82) is 0 Å². The molecule has 1 fully saturated rings. The Morgan fingerprint density at radius 3 is 2.59 bits per heavy atom. The summed E-state index contributed by atoms with van der Waals surface area (Å²) in [5.74, 6) is -1.52. The van der Waals surface area contributed by atoms with Crippen molar-refractivity contribution in [3.63, 3.8) is 0 Å². The Morgan fingerprint density at radius 1 is 1.17 bits per heavy atom. The maximum Gasteiger partial charge on any atom is 0.412 e. The Morgan fingerprint density at radius 2 is 1.90 bits per heavy atom. The molecule has 3 amide bonds. The number of benzene rings is 1. The van der Waals surface area contributed by atoms with E-state index in [1.807, 2.05) is 43.5 Å². The van der Waals surface area contributed by atoms with Crippen LogP contribution in [0, 0.1) is 5.92 Å². The SMILES string of the molecule is CC[C@H](C)[C@H](NC(=O)[C@H](Cc1csc2ccccc12)NC(=O)CCC1OCCCN1C(=O)OC(C)(C)C)C(=O)OC. The van der Waals surface area contributed by atoms with Gasteiger partial charge in [-0.05, 0) is 55.5 Å². The molecule has 10 nitrogen and oxygen atoms in total. The average Bonchev–Trinajstić information content (AvgIpc) is 3.35. The molecule has 0 bridgehead atoms. The lowest BCUT2D eigenvalue weighted by molar-refractivity contribution is -0.147. The van der Waals surface area contributed by atoms with E-state index in [2.05, 4.69) is 10.6 Å². The minimum absolute atomic E-state index is 0.0317. The van der Waals surface area contributed by atoms with Crippen molar-refractivity contribution in [3.05, 3.63) is 35.2 Å². The van der Waals surface area contributed by atoms with E-state index in [0.717, 1.165) is 15.6 Å². The first-order valence-corrected chi connectivity index (χ1v) is 15.0. The van der Waals surface area contributed by atoms with Crippen molar-refractivity contribution in [2.45, 2.75) is 90.6 Å². The van der Waals surface area contributed by atoms with Gasteiger partial charge in [-0.15, -0.1) is 11.3 Å². The number of thiophene rings is 1. The second-order valence-electron chi connectivity index (χ2n) is 11.4. The summed E-state index contributed by atoms with van der Waals surface area (Å²) in [5, 5.41) is 8.68. The van der Waals surface area contributed by atoms with Gasteiger partial charge in [0, 0.05) is 30.5 Å². The van der Waals surface area contributed by atoms with Crippen LogP contribution in [0.15, 0.2) is 29.6 Å². The number of methoxy groups -OCH3 is 1. The monoisotopic (exact) mass is 589 g/mol. The highest BCUT2D eigenvalue weighted by atomic mass is 32.1. The van der Waals surface area contributed by atoms with Crippen LogP contribution in [0.25, 0.3) is 10.1 Å². The molecular weight excluding hydrogens is 546 g/mol. The van der Waals surface area contributed by atoms with Gasteiger partial charge in [0.05, 0.1) is 13.7 Å². The van der Waals surface area contributed by atoms with E-state index >= 15 is 0 Å². The third-order valence-electron chi connectivity index (χ3n) is 7.05. The van der Waals surface area contributed by atoms with Gasteiger partial charge in [-0.2, -0.15) is 0 Å². The molecule has 11 heteroatoms. The zero-order chi connectivity index (χ0) is 30.2. The van der Waals surface area contributed by atoms with Crippen LogP contribution in [0.3, 0.4) is 0 Å². The van der Waals surface area contributed by atoms with Gasteiger partial charge in [0.15, 0.2) is 0 Å². The predicted octanol–water partition coefficient (Wildman–Crippen LogP) is 4.40. The molecule has 0 saturated carbocycles. The first-order valence-electron chi connectivity index (χ1n) is 14.2. The maximum atomic E-state index is 13.5. The second kappa shape index (κ2) is 14.6. The van der Waals surface area contributed by atoms with Crippen LogP contribution in [-0.2, 0) is 35.0 Å². The lowest BCUT2D eigenvalue weighted by Gasteiger charge is -2.36. The van der Waals surface area contributed by atoms with Gasteiger partial charge in [0.1, 0.15) is 23.9 Å². The highest BCUT2D eigenvalue weighted by molar-refractivity contribution is 7.17. The third-order valence-corrected chi connectivity index (χ3v) is 8.06. The van der Waals surface area contributed by atoms with Crippen molar-refractivity contribution in [3.8, 4) is 0 Å². The Balaban J connectivity index is 1.74. The molecule has 1 saturated heterocycles. The van der Waals surface area contributed by atoms with Crippen LogP contribution >= 0.6 is 11.3 Å². The number of rotatable bonds is 11. The van der Waals surface area contributed by atoms with Gasteiger partial charge in [0.25, 0.3) is 0 Å². The van der Waals surface area contributed by atoms with Crippen molar-refractivity contribution in [2.75, 3.05) is 20.3 Å². The van der Waals surface area contributed by atoms with Crippen LogP contribution in [0.2, 0.25) is 0 Å². The Labute approximate surface area is 246 Å². The summed E-state index contributed by atoms with van der Waals surface area (Å²) in [6, 6.07) is 6.12. The predicted molar refractivity (Wildman–Crippen MR) is 157 cm³/mol. The van der Waals surface area contributed by atoms with Gasteiger partial charge in [-0.25, -0.2) is 9.59 Å². The van der Waals surface area contributed by atoms with Crippen LogP contribution in [0.5, 0.6) is 0 Å². The summed E-state index contributed by atoms with van der Waals surface area (Å²) in [7, 11) is 1.29. The molecule has 1 unspecified atom stereocenters. The smallest absolute Gasteiger partial charge is 0.412 e. The first-order chi connectivity index (χ1) is 19.4. The minimum Gasteiger partial charge on any atom is -0.467 e. The summed E-state index contributed by atoms with van der Waals surface area (Å²) in [6.45, 7) is 10.1. The van der Waals surface area contributed by atoms with Crippen LogP contribution in [0.1, 0.15) is 65.9 Å². The molecule has 0 spiro atoms. The van der Waals surface area contributed by atoms with Crippen molar-refractivity contribution in [2.24, 2.45) is 5.92 Å². The molecule has 1 aromatic carbocycles. The number of carbonyl (C=O) groups excluding carboxylic acids is 4. The molecule has 41 heavy (non-hydrogen) atoms. The van der Waals surface area contributed by atoms with Gasteiger partial charge in [0.2, 0.25) is 11.8 Å². The molecule has 0 radical (unpaired) electrons. The first kappa shape index (κ1) is 32.3. The summed E-state index contributed by atoms with van der Waals surface area (Å²) in [4.78, 5) is 53.4. The lowest BCUT2D eigenvalue weighted by atomic mass is 9.98. The highest BCUT2D eigenvalue weighted by Crippen LogP contribution is 2.27. The molecule has 2 aromatic rings. The number of fused-ring (bicyclic) bond motifs is 1. The molecule has 3 rings (SSSR count). The zero-order valence-electron chi connectivity index (χ0n) is 24.9. The number of nitrogens with zero attached hydrogens (tertiary/aromatic N) is 1. The maximum absolute atomic E-state index is 13.5. The fraction of sp³-hybridized carbons (Fsp3) is 0.600. The van der Waals surface area contributed by atoms with Crippen LogP contribution in [-0.4, -0.2) is 73.0 Å². The molecule has 1 aliphatic heterocycles. The fourth-order valence-electron chi connectivity index (χ4n) is 4.65. The molecule has 226 valence electrons. The molecule has 2 N–H and O–H groups in total. The van der Waals surface area contributed by atoms with Crippen LogP contribution in [0.4, 0.5) is 4.79 Å². The molecular formula is C30H43N3O7S. The van der Waals surface area contributed by atoms with E-state index in [-0.39, 0.29) is 31.1 Å². The summed E-state index contributed by atoms with van der Waals surface area (Å²) < 4.78 is 17.3. The summed E-state index contributed by atoms with van der Waals surface area (Å²) in [6.07, 6.45) is 0.773. The second-order valence-corrected chi connectivity index (χ2v) is 12.3. The van der Waals surface area contributed by atoms with E-state index in [0.29, 0.717) is 26.0 Å². The van der Waals surface area contributed by atoms with Gasteiger partial charge in [-0.3, -0.25) is 14.5 Å². The summed E-state index contributed by atoms with van der Waals surface area (Å²) in [5.41, 5.74) is 0.274. The fourth-order valence-corrected chi connectivity index (χ4v) is 5.62. The Kier molecular flexibility index (Phi) is 11.5. The number of ether oxygens (including phenoxy) is 3. The van der Waals surface area contributed by atoms with E-state index in [1.165, 1.54) is 12.0 Å².